The van der Waals surface area contributed by atoms with Gasteiger partial charge in [-0.3, -0.25) is 4.90 Å². The van der Waals surface area contributed by atoms with Gasteiger partial charge >= 0.3 is 0 Å². The Balaban J connectivity index is 2.55. The van der Waals surface area contributed by atoms with Gasteiger partial charge in [-0.1, -0.05) is 40.5 Å². The Bertz CT molecular complexity index is 195. The van der Waals surface area contributed by atoms with E-state index >= 15 is 0 Å². The van der Waals surface area contributed by atoms with Crippen molar-refractivity contribution in [1.82, 2.24) is 4.90 Å². The number of hydrogen-bond acceptors (Lipinski definition) is 2. The number of nitrogens with zero attached hydrogens (tertiary/aromatic N) is 1. The maximum Gasteiger partial charge on any atom is 0.0246 e. The van der Waals surface area contributed by atoms with E-state index in [4.69, 9.17) is 5.73 Å². The van der Waals surface area contributed by atoms with Crippen molar-refractivity contribution in [2.24, 2.45) is 23.5 Å². The van der Waals surface area contributed by atoms with E-state index in [2.05, 4.69) is 32.6 Å². The average molecular weight is 240 g/mol. The molecule has 0 saturated heterocycles. The van der Waals surface area contributed by atoms with Gasteiger partial charge in [-0.15, -0.1) is 0 Å². The van der Waals surface area contributed by atoms with Gasteiger partial charge < -0.3 is 5.73 Å². The first-order chi connectivity index (χ1) is 8.08. The zero-order valence-electron chi connectivity index (χ0n) is 12.3. The summed E-state index contributed by atoms with van der Waals surface area (Å²) in [4.78, 5) is 2.62. The van der Waals surface area contributed by atoms with Gasteiger partial charge in [0.25, 0.3) is 0 Å². The first-order valence-corrected chi connectivity index (χ1v) is 7.52. The molecule has 0 aromatic carbocycles. The maximum absolute atomic E-state index is 6.05. The van der Waals surface area contributed by atoms with Crippen LogP contribution in [-0.2, 0) is 0 Å². The largest absolute Gasteiger partial charge is 0.329 e. The lowest BCUT2D eigenvalue weighted by Gasteiger charge is -2.39. The lowest BCUT2D eigenvalue weighted by Crippen LogP contribution is -2.47. The van der Waals surface area contributed by atoms with E-state index in [1.54, 1.807) is 0 Å². The van der Waals surface area contributed by atoms with Crippen LogP contribution in [0.3, 0.4) is 0 Å². The molecule has 1 rings (SSSR count). The number of rotatable bonds is 6. The molecule has 102 valence electrons. The van der Waals surface area contributed by atoms with E-state index in [0.29, 0.717) is 6.04 Å². The predicted octanol–water partition coefficient (Wildman–Crippen LogP) is 3.12. The highest BCUT2D eigenvalue weighted by atomic mass is 15.2. The van der Waals surface area contributed by atoms with Gasteiger partial charge in [-0.25, -0.2) is 0 Å². The normalized spacial score (nSPS) is 27.7. The van der Waals surface area contributed by atoms with Crippen molar-refractivity contribution in [3.63, 3.8) is 0 Å². The molecular weight excluding hydrogens is 208 g/mol. The first-order valence-electron chi connectivity index (χ1n) is 7.52. The zero-order chi connectivity index (χ0) is 12.8. The van der Waals surface area contributed by atoms with Gasteiger partial charge in [-0.05, 0) is 37.1 Å². The van der Waals surface area contributed by atoms with Gasteiger partial charge in [0.1, 0.15) is 0 Å². The fourth-order valence-electron chi connectivity index (χ4n) is 3.28. The second-order valence-corrected chi connectivity index (χ2v) is 6.30. The van der Waals surface area contributed by atoms with Gasteiger partial charge in [0.05, 0.1) is 0 Å². The Labute approximate surface area is 108 Å². The Morgan fingerprint density at radius 1 is 1.18 bits per heavy atom. The van der Waals surface area contributed by atoms with Crippen molar-refractivity contribution in [3.8, 4) is 0 Å². The fraction of sp³-hybridized carbons (Fsp3) is 1.00. The summed E-state index contributed by atoms with van der Waals surface area (Å²) in [6.07, 6.45) is 5.58. The molecule has 2 N–H and O–H groups in total. The third-order valence-corrected chi connectivity index (χ3v) is 4.32. The molecule has 0 heterocycles. The summed E-state index contributed by atoms with van der Waals surface area (Å²) in [5, 5.41) is 0. The van der Waals surface area contributed by atoms with Crippen LogP contribution in [-0.4, -0.2) is 30.6 Å². The molecule has 1 unspecified atom stereocenters. The topological polar surface area (TPSA) is 29.3 Å². The van der Waals surface area contributed by atoms with Crippen molar-refractivity contribution in [2.45, 2.75) is 59.4 Å². The molecule has 0 bridgehead atoms. The minimum atomic E-state index is 0.620. The molecule has 1 aliphatic carbocycles. The predicted molar refractivity (Wildman–Crippen MR) is 76.0 cm³/mol. The van der Waals surface area contributed by atoms with E-state index < -0.39 is 0 Å². The Kier molecular flexibility index (Phi) is 6.50. The summed E-state index contributed by atoms with van der Waals surface area (Å²) >= 11 is 0. The molecule has 0 aliphatic heterocycles. The summed E-state index contributed by atoms with van der Waals surface area (Å²) in [5.41, 5.74) is 6.05. The molecule has 0 radical (unpaired) electrons. The summed E-state index contributed by atoms with van der Waals surface area (Å²) < 4.78 is 0. The molecule has 1 aliphatic rings. The average Bonchev–Trinajstić information content (AvgIpc) is 2.30. The highest BCUT2D eigenvalue weighted by Gasteiger charge is 2.28. The van der Waals surface area contributed by atoms with E-state index in [0.717, 1.165) is 30.8 Å². The van der Waals surface area contributed by atoms with Crippen LogP contribution in [0.15, 0.2) is 0 Å². The minimum Gasteiger partial charge on any atom is -0.329 e. The van der Waals surface area contributed by atoms with Crippen LogP contribution in [0.4, 0.5) is 0 Å². The lowest BCUT2D eigenvalue weighted by molar-refractivity contribution is 0.105. The summed E-state index contributed by atoms with van der Waals surface area (Å²) in [5.74, 6) is 2.52. The monoisotopic (exact) mass is 240 g/mol. The summed E-state index contributed by atoms with van der Waals surface area (Å²) in [6.45, 7) is 12.4. The number of likely N-dealkylation sites (N-methyl/N-ethyl adjacent to an activating group) is 1. The molecule has 1 fully saturated rings. The van der Waals surface area contributed by atoms with Crippen molar-refractivity contribution in [3.05, 3.63) is 0 Å². The van der Waals surface area contributed by atoms with Crippen molar-refractivity contribution in [1.29, 1.82) is 0 Å². The molecule has 1 saturated carbocycles. The Hall–Kier alpha value is -0.0800. The molecule has 0 aromatic heterocycles. The van der Waals surface area contributed by atoms with Crippen molar-refractivity contribution in [2.75, 3.05) is 19.6 Å². The number of nitrogens with two attached hydrogens (primary N) is 1. The van der Waals surface area contributed by atoms with Crippen LogP contribution in [0.1, 0.15) is 53.4 Å². The Morgan fingerprint density at radius 2 is 1.76 bits per heavy atom. The SMILES string of the molecule is CCN(CC(C)C)C(CN)C1CCC(C)CC1. The second-order valence-electron chi connectivity index (χ2n) is 6.30. The van der Waals surface area contributed by atoms with E-state index in [-0.39, 0.29) is 0 Å². The lowest BCUT2D eigenvalue weighted by atomic mass is 9.78. The highest BCUT2D eigenvalue weighted by Crippen LogP contribution is 2.32. The highest BCUT2D eigenvalue weighted by molar-refractivity contribution is 4.84. The van der Waals surface area contributed by atoms with Crippen LogP contribution >= 0.6 is 0 Å². The van der Waals surface area contributed by atoms with Gasteiger partial charge in [0.15, 0.2) is 0 Å². The second kappa shape index (κ2) is 7.38. The molecular formula is C15H32N2. The zero-order valence-corrected chi connectivity index (χ0v) is 12.3. The summed E-state index contributed by atoms with van der Waals surface area (Å²) in [6, 6.07) is 0.620. The molecule has 1 atom stereocenters. The minimum absolute atomic E-state index is 0.620. The fourth-order valence-corrected chi connectivity index (χ4v) is 3.28. The molecule has 0 amide bonds. The molecule has 0 aromatic rings. The van der Waals surface area contributed by atoms with Crippen LogP contribution < -0.4 is 5.73 Å². The third kappa shape index (κ3) is 4.59. The first kappa shape index (κ1) is 15.0. The smallest absolute Gasteiger partial charge is 0.0246 e. The van der Waals surface area contributed by atoms with Gasteiger partial charge in [0, 0.05) is 19.1 Å². The van der Waals surface area contributed by atoms with E-state index in [9.17, 15) is 0 Å². The van der Waals surface area contributed by atoms with E-state index in [1.165, 1.54) is 32.2 Å². The molecule has 2 heteroatoms. The summed E-state index contributed by atoms with van der Waals surface area (Å²) in [7, 11) is 0. The molecule has 0 spiro atoms. The number of hydrogen-bond donors (Lipinski definition) is 1. The molecule has 2 nitrogen and oxygen atoms in total. The standard InChI is InChI=1S/C15H32N2/c1-5-17(11-12(2)3)15(10-16)14-8-6-13(4)7-9-14/h12-15H,5-11,16H2,1-4H3. The van der Waals surface area contributed by atoms with Crippen LogP contribution in [0.5, 0.6) is 0 Å². The maximum atomic E-state index is 6.05. The van der Waals surface area contributed by atoms with Crippen molar-refractivity contribution < 1.29 is 0 Å². The van der Waals surface area contributed by atoms with Crippen molar-refractivity contribution >= 4 is 0 Å². The van der Waals surface area contributed by atoms with Crippen LogP contribution in [0, 0.1) is 17.8 Å². The Morgan fingerprint density at radius 3 is 2.18 bits per heavy atom. The molecule has 17 heavy (non-hydrogen) atoms. The van der Waals surface area contributed by atoms with Crippen LogP contribution in [0.25, 0.3) is 0 Å². The van der Waals surface area contributed by atoms with E-state index in [1.807, 2.05) is 0 Å². The van der Waals surface area contributed by atoms with Gasteiger partial charge in [-0.2, -0.15) is 0 Å². The quantitative estimate of drug-likeness (QED) is 0.773. The van der Waals surface area contributed by atoms with Crippen LogP contribution in [0.2, 0.25) is 0 Å². The third-order valence-electron chi connectivity index (χ3n) is 4.32. The van der Waals surface area contributed by atoms with Gasteiger partial charge in [0.2, 0.25) is 0 Å².